The molecule has 0 bridgehead atoms. The monoisotopic (exact) mass is 191 g/mol. The number of hydrogen-bond acceptors (Lipinski definition) is 2. The summed E-state index contributed by atoms with van der Waals surface area (Å²) in [6.07, 6.45) is 1.58. The molecule has 0 amide bonds. The average Bonchev–Trinajstić information content (AvgIpc) is 2.04. The molecule has 1 aromatic heterocycles. The summed E-state index contributed by atoms with van der Waals surface area (Å²) in [7, 11) is 1.54. The number of halogens is 2. The first-order chi connectivity index (χ1) is 5.29. The highest BCUT2D eigenvalue weighted by molar-refractivity contribution is 6.32. The van der Waals surface area contributed by atoms with Crippen molar-refractivity contribution in [3.8, 4) is 5.88 Å². The van der Waals surface area contributed by atoms with Gasteiger partial charge >= 0.3 is 0 Å². The van der Waals surface area contributed by atoms with E-state index < -0.39 is 0 Å². The highest BCUT2D eigenvalue weighted by atomic mass is 35.5. The van der Waals surface area contributed by atoms with E-state index in [0.717, 1.165) is 5.56 Å². The summed E-state index contributed by atoms with van der Waals surface area (Å²) in [4.78, 5) is 3.94. The second kappa shape index (κ2) is 3.79. The third kappa shape index (κ3) is 1.76. The van der Waals surface area contributed by atoms with E-state index in [-0.39, 0.29) is 0 Å². The van der Waals surface area contributed by atoms with E-state index in [1.165, 1.54) is 7.11 Å². The second-order valence-corrected chi connectivity index (χ2v) is 2.59. The molecule has 0 aliphatic heterocycles. The number of ether oxygens (including phenoxy) is 1. The Kier molecular flexibility index (Phi) is 2.97. The zero-order valence-corrected chi connectivity index (χ0v) is 7.49. The molecule has 0 atom stereocenters. The third-order valence-electron chi connectivity index (χ3n) is 1.29. The van der Waals surface area contributed by atoms with Gasteiger partial charge in [0, 0.05) is 11.8 Å². The lowest BCUT2D eigenvalue weighted by Gasteiger charge is -2.04. The predicted molar refractivity (Wildman–Crippen MR) is 45.4 cm³/mol. The fraction of sp³-hybridized carbons (Fsp3) is 0.286. The zero-order chi connectivity index (χ0) is 8.27. The van der Waals surface area contributed by atoms with Crippen LogP contribution in [0.4, 0.5) is 0 Å². The van der Waals surface area contributed by atoms with E-state index in [4.69, 9.17) is 27.9 Å². The Morgan fingerprint density at radius 1 is 1.64 bits per heavy atom. The fourth-order valence-electron chi connectivity index (χ4n) is 0.748. The Hall–Kier alpha value is -0.470. The minimum Gasteiger partial charge on any atom is -0.481 e. The van der Waals surface area contributed by atoms with Crippen molar-refractivity contribution in [3.05, 3.63) is 22.8 Å². The van der Waals surface area contributed by atoms with Crippen molar-refractivity contribution in [1.29, 1.82) is 0 Å². The van der Waals surface area contributed by atoms with Crippen LogP contribution in [0.2, 0.25) is 5.02 Å². The van der Waals surface area contributed by atoms with Gasteiger partial charge < -0.3 is 4.74 Å². The summed E-state index contributed by atoms with van der Waals surface area (Å²) in [5.41, 5.74) is 0.735. The first-order valence-electron chi connectivity index (χ1n) is 3.03. The normalized spacial score (nSPS) is 9.73. The number of hydrogen-bond donors (Lipinski definition) is 0. The summed E-state index contributed by atoms with van der Waals surface area (Å²) in [6, 6.07) is 1.68. The van der Waals surface area contributed by atoms with E-state index in [0.29, 0.717) is 16.8 Å². The molecule has 0 aromatic carbocycles. The third-order valence-corrected chi connectivity index (χ3v) is 1.91. The van der Waals surface area contributed by atoms with Crippen molar-refractivity contribution >= 4 is 23.2 Å². The number of methoxy groups -OCH3 is 1. The highest BCUT2D eigenvalue weighted by Crippen LogP contribution is 2.24. The molecule has 0 saturated heterocycles. The molecule has 4 heteroatoms. The van der Waals surface area contributed by atoms with Gasteiger partial charge in [0.25, 0.3) is 0 Å². The van der Waals surface area contributed by atoms with Gasteiger partial charge in [-0.1, -0.05) is 11.6 Å². The van der Waals surface area contributed by atoms with Crippen LogP contribution in [-0.4, -0.2) is 12.1 Å². The van der Waals surface area contributed by atoms with E-state index in [2.05, 4.69) is 4.98 Å². The second-order valence-electron chi connectivity index (χ2n) is 1.91. The molecule has 60 valence electrons. The van der Waals surface area contributed by atoms with Crippen molar-refractivity contribution < 1.29 is 4.74 Å². The van der Waals surface area contributed by atoms with Crippen molar-refractivity contribution in [1.82, 2.24) is 4.98 Å². The standard InChI is InChI=1S/C7H7Cl2NO/c1-11-7-5(4-8)6(9)2-3-10-7/h2-3H,4H2,1H3. The Morgan fingerprint density at radius 2 is 2.36 bits per heavy atom. The van der Waals surface area contributed by atoms with Crippen LogP contribution >= 0.6 is 23.2 Å². The maximum absolute atomic E-state index is 5.80. The summed E-state index contributed by atoms with van der Waals surface area (Å²) in [5, 5.41) is 0.590. The van der Waals surface area contributed by atoms with E-state index >= 15 is 0 Å². The molecule has 1 aromatic rings. The summed E-state index contributed by atoms with van der Waals surface area (Å²) in [6.45, 7) is 0. The summed E-state index contributed by atoms with van der Waals surface area (Å²) >= 11 is 11.4. The molecule has 1 heterocycles. The van der Waals surface area contributed by atoms with Crippen molar-refractivity contribution in [2.75, 3.05) is 7.11 Å². The van der Waals surface area contributed by atoms with Crippen molar-refractivity contribution in [3.63, 3.8) is 0 Å². The number of rotatable bonds is 2. The Morgan fingerprint density at radius 3 is 2.82 bits per heavy atom. The maximum atomic E-state index is 5.80. The Balaban J connectivity index is 3.13. The molecule has 0 fully saturated rings. The number of pyridine rings is 1. The van der Waals surface area contributed by atoms with Gasteiger partial charge in [0.2, 0.25) is 5.88 Å². The molecule has 1 rings (SSSR count). The highest BCUT2D eigenvalue weighted by Gasteiger charge is 2.06. The van der Waals surface area contributed by atoms with Crippen LogP contribution in [0.15, 0.2) is 12.3 Å². The average molecular weight is 192 g/mol. The van der Waals surface area contributed by atoms with Crippen LogP contribution in [0.25, 0.3) is 0 Å². The SMILES string of the molecule is COc1nccc(Cl)c1CCl. The molecule has 0 spiro atoms. The topological polar surface area (TPSA) is 22.1 Å². The van der Waals surface area contributed by atoms with Crippen LogP contribution in [-0.2, 0) is 5.88 Å². The van der Waals surface area contributed by atoms with Gasteiger partial charge in [0.15, 0.2) is 0 Å². The number of alkyl halides is 1. The smallest absolute Gasteiger partial charge is 0.218 e. The van der Waals surface area contributed by atoms with Crippen molar-refractivity contribution in [2.45, 2.75) is 5.88 Å². The summed E-state index contributed by atoms with van der Waals surface area (Å²) < 4.78 is 4.94. The molecule has 0 N–H and O–H groups in total. The van der Waals surface area contributed by atoms with E-state index in [9.17, 15) is 0 Å². The van der Waals surface area contributed by atoms with Crippen LogP contribution in [0.3, 0.4) is 0 Å². The lowest BCUT2D eigenvalue weighted by Crippen LogP contribution is -1.92. The number of nitrogens with zero attached hydrogens (tertiary/aromatic N) is 1. The molecule has 0 saturated carbocycles. The number of aromatic nitrogens is 1. The fourth-order valence-corrected chi connectivity index (χ4v) is 1.28. The van der Waals surface area contributed by atoms with Crippen molar-refractivity contribution in [2.24, 2.45) is 0 Å². The molecule has 0 aliphatic rings. The van der Waals surface area contributed by atoms with Gasteiger partial charge in [-0.3, -0.25) is 0 Å². The van der Waals surface area contributed by atoms with Gasteiger partial charge in [-0.2, -0.15) is 0 Å². The first-order valence-corrected chi connectivity index (χ1v) is 3.94. The largest absolute Gasteiger partial charge is 0.481 e. The molecule has 2 nitrogen and oxygen atoms in total. The minimum atomic E-state index is 0.315. The molecule has 0 unspecified atom stereocenters. The predicted octanol–water partition coefficient (Wildman–Crippen LogP) is 2.48. The van der Waals surface area contributed by atoms with E-state index in [1.54, 1.807) is 12.3 Å². The first kappa shape index (κ1) is 8.62. The van der Waals surface area contributed by atoms with Gasteiger partial charge in [0.1, 0.15) is 0 Å². The van der Waals surface area contributed by atoms with Gasteiger partial charge in [0.05, 0.1) is 18.0 Å². The molecule has 0 radical (unpaired) electrons. The molecular weight excluding hydrogens is 185 g/mol. The lowest BCUT2D eigenvalue weighted by atomic mass is 10.3. The van der Waals surface area contributed by atoms with Gasteiger partial charge in [-0.05, 0) is 6.07 Å². The quantitative estimate of drug-likeness (QED) is 0.671. The summed E-state index contributed by atoms with van der Waals surface area (Å²) in [5.74, 6) is 0.808. The van der Waals surface area contributed by atoms with Crippen LogP contribution in [0.1, 0.15) is 5.56 Å². The zero-order valence-electron chi connectivity index (χ0n) is 5.97. The van der Waals surface area contributed by atoms with Gasteiger partial charge in [-0.25, -0.2) is 4.98 Å². The van der Waals surface area contributed by atoms with Crippen LogP contribution < -0.4 is 4.74 Å². The molecular formula is C7H7Cl2NO. The maximum Gasteiger partial charge on any atom is 0.218 e. The minimum absolute atomic E-state index is 0.315. The van der Waals surface area contributed by atoms with Crippen LogP contribution in [0, 0.1) is 0 Å². The van der Waals surface area contributed by atoms with Gasteiger partial charge in [-0.15, -0.1) is 11.6 Å². The Labute approximate surface area is 75.1 Å². The molecule has 0 aliphatic carbocycles. The molecule has 11 heavy (non-hydrogen) atoms. The van der Waals surface area contributed by atoms with Crippen LogP contribution in [0.5, 0.6) is 5.88 Å². The van der Waals surface area contributed by atoms with E-state index in [1.807, 2.05) is 0 Å². The lowest BCUT2D eigenvalue weighted by molar-refractivity contribution is 0.394. The Bertz CT molecular complexity index is 252.